The number of amides is 1. The van der Waals surface area contributed by atoms with Gasteiger partial charge in [0.15, 0.2) is 0 Å². The molecule has 0 aromatic heterocycles. The lowest BCUT2D eigenvalue weighted by molar-refractivity contribution is -0.125. The summed E-state index contributed by atoms with van der Waals surface area (Å²) in [7, 11) is 0. The van der Waals surface area contributed by atoms with E-state index in [1.54, 1.807) is 0 Å². The second-order valence-corrected chi connectivity index (χ2v) is 6.56. The lowest BCUT2D eigenvalue weighted by Crippen LogP contribution is -2.44. The molecular formula is C16H30N2O2. The molecule has 2 rings (SSSR count). The predicted octanol–water partition coefficient (Wildman–Crippen LogP) is 2.36. The highest BCUT2D eigenvalue weighted by Crippen LogP contribution is 2.36. The second-order valence-electron chi connectivity index (χ2n) is 6.56. The number of hydrogen-bond acceptors (Lipinski definition) is 3. The maximum atomic E-state index is 11.6. The van der Waals surface area contributed by atoms with Crippen LogP contribution in [0.25, 0.3) is 0 Å². The third-order valence-corrected chi connectivity index (χ3v) is 4.77. The van der Waals surface area contributed by atoms with Gasteiger partial charge in [0.05, 0.1) is 12.2 Å². The maximum absolute atomic E-state index is 11.6. The molecule has 4 heteroatoms. The third kappa shape index (κ3) is 4.74. The Balaban J connectivity index is 1.67. The molecule has 20 heavy (non-hydrogen) atoms. The van der Waals surface area contributed by atoms with Gasteiger partial charge in [-0.2, -0.15) is 0 Å². The first-order valence-electron chi connectivity index (χ1n) is 8.31. The molecule has 0 aromatic carbocycles. The number of hydrogen-bond donors (Lipinski definition) is 2. The van der Waals surface area contributed by atoms with Gasteiger partial charge in [-0.25, -0.2) is 0 Å². The minimum absolute atomic E-state index is 0.124. The summed E-state index contributed by atoms with van der Waals surface area (Å²) >= 11 is 0. The summed E-state index contributed by atoms with van der Waals surface area (Å²) < 4.78 is 6.03. The van der Waals surface area contributed by atoms with E-state index in [9.17, 15) is 4.79 Å². The number of carbonyl (C=O) groups excluding carboxylic acids is 1. The maximum Gasteiger partial charge on any atom is 0.222 e. The van der Waals surface area contributed by atoms with Gasteiger partial charge < -0.3 is 15.8 Å². The first-order chi connectivity index (χ1) is 9.67. The SMILES string of the molecule is CCCC1CCC(CN)(OCCC(=O)NC2CC2)CC1. The van der Waals surface area contributed by atoms with E-state index in [1.807, 2.05) is 0 Å². The average Bonchev–Trinajstić information content (AvgIpc) is 3.25. The third-order valence-electron chi connectivity index (χ3n) is 4.77. The van der Waals surface area contributed by atoms with E-state index >= 15 is 0 Å². The normalized spacial score (nSPS) is 30.2. The van der Waals surface area contributed by atoms with Crippen molar-refractivity contribution in [2.24, 2.45) is 11.7 Å². The molecule has 0 spiro atoms. The number of ether oxygens (including phenoxy) is 1. The summed E-state index contributed by atoms with van der Waals surface area (Å²) in [6, 6.07) is 0.440. The molecule has 0 atom stereocenters. The van der Waals surface area contributed by atoms with Gasteiger partial charge >= 0.3 is 0 Å². The van der Waals surface area contributed by atoms with Gasteiger partial charge in [0.1, 0.15) is 0 Å². The van der Waals surface area contributed by atoms with Crippen molar-refractivity contribution in [1.82, 2.24) is 5.32 Å². The van der Waals surface area contributed by atoms with Crippen LogP contribution in [0.4, 0.5) is 0 Å². The van der Waals surface area contributed by atoms with Crippen LogP contribution in [-0.4, -0.2) is 30.7 Å². The molecule has 0 aromatic rings. The lowest BCUT2D eigenvalue weighted by Gasteiger charge is -2.39. The fourth-order valence-corrected chi connectivity index (χ4v) is 3.20. The van der Waals surface area contributed by atoms with Crippen LogP contribution >= 0.6 is 0 Å². The number of rotatable bonds is 8. The molecule has 0 radical (unpaired) electrons. The highest BCUT2D eigenvalue weighted by atomic mass is 16.5. The molecule has 0 aliphatic heterocycles. The van der Waals surface area contributed by atoms with Gasteiger partial charge in [-0.1, -0.05) is 19.8 Å². The molecule has 0 heterocycles. The summed E-state index contributed by atoms with van der Waals surface area (Å²) in [5, 5.41) is 3.00. The molecule has 0 bridgehead atoms. The van der Waals surface area contributed by atoms with Gasteiger partial charge in [0.25, 0.3) is 0 Å². The topological polar surface area (TPSA) is 64.3 Å². The first kappa shape index (κ1) is 15.8. The Hall–Kier alpha value is -0.610. The van der Waals surface area contributed by atoms with Crippen LogP contribution in [0.3, 0.4) is 0 Å². The molecule has 116 valence electrons. The van der Waals surface area contributed by atoms with Gasteiger partial charge in [0, 0.05) is 19.0 Å². The molecule has 2 aliphatic rings. The number of carbonyl (C=O) groups is 1. The van der Waals surface area contributed by atoms with Crippen molar-refractivity contribution in [1.29, 1.82) is 0 Å². The summed E-state index contributed by atoms with van der Waals surface area (Å²) in [5.74, 6) is 0.973. The first-order valence-corrected chi connectivity index (χ1v) is 8.31. The van der Waals surface area contributed by atoms with Crippen molar-refractivity contribution < 1.29 is 9.53 Å². The summed E-state index contributed by atoms with van der Waals surface area (Å²) in [5.41, 5.74) is 5.78. The molecule has 1 amide bonds. The van der Waals surface area contributed by atoms with Crippen molar-refractivity contribution in [3.05, 3.63) is 0 Å². The minimum Gasteiger partial charge on any atom is -0.373 e. The molecule has 0 saturated heterocycles. The van der Waals surface area contributed by atoms with Crippen molar-refractivity contribution in [3.63, 3.8) is 0 Å². The zero-order valence-electron chi connectivity index (χ0n) is 12.8. The highest BCUT2D eigenvalue weighted by molar-refractivity contribution is 5.76. The van der Waals surface area contributed by atoms with Gasteiger partial charge in [-0.15, -0.1) is 0 Å². The molecule has 2 fully saturated rings. The van der Waals surface area contributed by atoms with E-state index in [2.05, 4.69) is 12.2 Å². The molecule has 2 aliphatic carbocycles. The van der Waals surface area contributed by atoms with Crippen molar-refractivity contribution in [2.75, 3.05) is 13.2 Å². The van der Waals surface area contributed by atoms with Gasteiger partial charge in [-0.05, 0) is 44.4 Å². The molecule has 3 N–H and O–H groups in total. The Morgan fingerprint density at radius 1 is 1.30 bits per heavy atom. The lowest BCUT2D eigenvalue weighted by atomic mass is 9.77. The van der Waals surface area contributed by atoms with Crippen LogP contribution in [0.1, 0.15) is 64.7 Å². The van der Waals surface area contributed by atoms with E-state index < -0.39 is 0 Å². The van der Waals surface area contributed by atoms with E-state index in [4.69, 9.17) is 10.5 Å². The average molecular weight is 282 g/mol. The Morgan fingerprint density at radius 2 is 2.00 bits per heavy atom. The molecule has 0 unspecified atom stereocenters. The second kappa shape index (κ2) is 7.41. The highest BCUT2D eigenvalue weighted by Gasteiger charge is 2.35. The van der Waals surface area contributed by atoms with E-state index in [0.717, 1.165) is 31.6 Å². The van der Waals surface area contributed by atoms with Crippen LogP contribution in [0, 0.1) is 5.92 Å². The summed E-state index contributed by atoms with van der Waals surface area (Å²) in [6.07, 6.45) is 9.88. The number of nitrogens with two attached hydrogens (primary N) is 1. The van der Waals surface area contributed by atoms with Crippen LogP contribution in [0.2, 0.25) is 0 Å². The monoisotopic (exact) mass is 282 g/mol. The smallest absolute Gasteiger partial charge is 0.222 e. The number of nitrogens with one attached hydrogen (secondary N) is 1. The van der Waals surface area contributed by atoms with Crippen LogP contribution in [0.15, 0.2) is 0 Å². The standard InChI is InChI=1S/C16H30N2O2/c1-2-3-13-6-9-16(12-17,10-7-13)20-11-8-15(19)18-14-4-5-14/h13-14H,2-12,17H2,1H3,(H,18,19). The zero-order valence-corrected chi connectivity index (χ0v) is 12.8. The van der Waals surface area contributed by atoms with Crippen LogP contribution < -0.4 is 11.1 Å². The van der Waals surface area contributed by atoms with Crippen LogP contribution in [-0.2, 0) is 9.53 Å². The minimum atomic E-state index is -0.163. The summed E-state index contributed by atoms with van der Waals surface area (Å²) in [6.45, 7) is 3.34. The zero-order chi connectivity index (χ0) is 14.4. The van der Waals surface area contributed by atoms with Gasteiger partial charge in [-0.3, -0.25) is 4.79 Å². The largest absolute Gasteiger partial charge is 0.373 e. The van der Waals surface area contributed by atoms with Crippen molar-refractivity contribution in [2.45, 2.75) is 76.4 Å². The van der Waals surface area contributed by atoms with Crippen LogP contribution in [0.5, 0.6) is 0 Å². The fraction of sp³-hybridized carbons (Fsp3) is 0.938. The van der Waals surface area contributed by atoms with E-state index in [1.165, 1.54) is 25.7 Å². The van der Waals surface area contributed by atoms with E-state index in [0.29, 0.717) is 25.6 Å². The fourth-order valence-electron chi connectivity index (χ4n) is 3.20. The Labute approximate surface area is 122 Å². The molecule has 2 saturated carbocycles. The molecule has 4 nitrogen and oxygen atoms in total. The molecular weight excluding hydrogens is 252 g/mol. The van der Waals surface area contributed by atoms with Crippen molar-refractivity contribution >= 4 is 5.91 Å². The Bertz CT molecular complexity index is 308. The quantitative estimate of drug-likeness (QED) is 0.718. The van der Waals surface area contributed by atoms with Gasteiger partial charge in [0.2, 0.25) is 5.91 Å². The Morgan fingerprint density at radius 3 is 2.55 bits per heavy atom. The van der Waals surface area contributed by atoms with E-state index in [-0.39, 0.29) is 11.5 Å². The van der Waals surface area contributed by atoms with Crippen molar-refractivity contribution in [3.8, 4) is 0 Å². The predicted molar refractivity (Wildman–Crippen MR) is 80.4 cm³/mol. The Kier molecular flexibility index (Phi) is 5.85. The summed E-state index contributed by atoms with van der Waals surface area (Å²) in [4.78, 5) is 11.6.